The molecule has 4 aliphatic rings. The van der Waals surface area contributed by atoms with Gasteiger partial charge in [-0.2, -0.15) is 26.3 Å². The first-order valence-electron chi connectivity index (χ1n) is 9.72. The zero-order valence-electron chi connectivity index (χ0n) is 15.6. The molecule has 30 heavy (non-hydrogen) atoms. The molecule has 0 saturated carbocycles. The topological polar surface area (TPSA) is 29.5 Å². The van der Waals surface area contributed by atoms with Crippen molar-refractivity contribution in [2.75, 3.05) is 6.54 Å². The summed E-state index contributed by atoms with van der Waals surface area (Å²) < 4.78 is 85.8. The molecule has 0 aromatic heterocycles. The Morgan fingerprint density at radius 1 is 1.00 bits per heavy atom. The Labute approximate surface area is 168 Å². The van der Waals surface area contributed by atoms with Crippen LogP contribution < -0.4 is 0 Å². The molecule has 9 heteroatoms. The fraction of sp³-hybridized carbons (Fsp3) is 0.476. The number of carbonyl (C=O) groups excluding carboxylic acids is 1. The van der Waals surface area contributed by atoms with Crippen molar-refractivity contribution in [3.8, 4) is 0 Å². The van der Waals surface area contributed by atoms with E-state index in [0.29, 0.717) is 12.0 Å². The molecule has 2 bridgehead atoms. The lowest BCUT2D eigenvalue weighted by atomic mass is 9.74. The van der Waals surface area contributed by atoms with Crippen LogP contribution in [0, 0.1) is 0 Å². The summed E-state index contributed by atoms with van der Waals surface area (Å²) in [5.41, 5.74) is -3.32. The molecule has 3 aliphatic heterocycles. The molecule has 2 saturated heterocycles. The van der Waals surface area contributed by atoms with E-state index in [0.717, 1.165) is 37.9 Å². The summed E-state index contributed by atoms with van der Waals surface area (Å²) >= 11 is 0. The molecule has 2 fully saturated rings. The summed E-state index contributed by atoms with van der Waals surface area (Å²) in [4.78, 5) is 14.4. The highest BCUT2D eigenvalue weighted by Crippen LogP contribution is 2.56. The minimum Gasteiger partial charge on any atom is -0.449 e. The lowest BCUT2D eigenvalue weighted by Crippen LogP contribution is -2.48. The Bertz CT molecular complexity index is 960. The van der Waals surface area contributed by atoms with Crippen molar-refractivity contribution >= 4 is 11.5 Å². The molecule has 0 N–H and O–H groups in total. The van der Waals surface area contributed by atoms with Crippen LogP contribution in [0.3, 0.4) is 0 Å². The number of benzene rings is 1. The number of hydrogen-bond donors (Lipinski definition) is 0. The van der Waals surface area contributed by atoms with Gasteiger partial charge in [0.05, 0.1) is 17.2 Å². The maximum Gasteiger partial charge on any atom is 0.416 e. The summed E-state index contributed by atoms with van der Waals surface area (Å²) in [6.07, 6.45) is -3.83. The summed E-state index contributed by atoms with van der Waals surface area (Å²) in [6, 6.07) is 1.25. The van der Waals surface area contributed by atoms with E-state index in [1.807, 2.05) is 0 Å². The first kappa shape index (κ1) is 19.7. The fourth-order valence-electron chi connectivity index (χ4n) is 5.42. The molecule has 3 atom stereocenters. The monoisotopic (exact) mass is 429 g/mol. The molecule has 3 nitrogen and oxygen atoms in total. The summed E-state index contributed by atoms with van der Waals surface area (Å²) in [5.74, 6) is -0.605. The quantitative estimate of drug-likeness (QED) is 0.467. The predicted octanol–water partition coefficient (Wildman–Crippen LogP) is 4.97. The zero-order valence-corrected chi connectivity index (χ0v) is 15.6. The minimum atomic E-state index is -4.93. The number of rotatable bonds is 1. The molecule has 3 unspecified atom stereocenters. The van der Waals surface area contributed by atoms with E-state index in [4.69, 9.17) is 4.74 Å². The van der Waals surface area contributed by atoms with Crippen molar-refractivity contribution < 1.29 is 35.9 Å². The number of piperidine rings is 1. The highest BCUT2D eigenvalue weighted by molar-refractivity contribution is 5.97. The molecule has 1 aromatic carbocycles. The van der Waals surface area contributed by atoms with Crippen LogP contribution in [0.2, 0.25) is 0 Å². The fourth-order valence-corrected chi connectivity index (χ4v) is 5.42. The van der Waals surface area contributed by atoms with Crippen LogP contribution in [-0.2, 0) is 21.9 Å². The molecule has 1 aromatic rings. The van der Waals surface area contributed by atoms with Crippen LogP contribution in [0.15, 0.2) is 35.9 Å². The van der Waals surface area contributed by atoms with Crippen molar-refractivity contribution in [3.63, 3.8) is 0 Å². The smallest absolute Gasteiger partial charge is 0.416 e. The van der Waals surface area contributed by atoms with Gasteiger partial charge >= 0.3 is 18.3 Å². The van der Waals surface area contributed by atoms with Gasteiger partial charge in [0.25, 0.3) is 0 Å². The number of fused-ring (bicyclic) bond motifs is 3. The Balaban J connectivity index is 1.69. The lowest BCUT2D eigenvalue weighted by molar-refractivity contribution is -0.148. The van der Waals surface area contributed by atoms with Gasteiger partial charge in [-0.3, -0.25) is 4.90 Å². The third-order valence-corrected chi connectivity index (χ3v) is 6.57. The van der Waals surface area contributed by atoms with Crippen LogP contribution in [0.25, 0.3) is 5.57 Å². The molecule has 5 rings (SSSR count). The Hall–Kier alpha value is -2.29. The highest BCUT2D eigenvalue weighted by atomic mass is 19.4. The number of ether oxygens (including phenoxy) is 1. The van der Waals surface area contributed by atoms with Crippen LogP contribution >= 0.6 is 0 Å². The van der Waals surface area contributed by atoms with Crippen LogP contribution in [0.4, 0.5) is 26.3 Å². The summed E-state index contributed by atoms with van der Waals surface area (Å²) in [5, 5.41) is 0. The summed E-state index contributed by atoms with van der Waals surface area (Å²) in [6.45, 7) is 0.752. The van der Waals surface area contributed by atoms with Gasteiger partial charge in [0.15, 0.2) is 5.60 Å². The first-order chi connectivity index (χ1) is 14.0. The van der Waals surface area contributed by atoms with E-state index in [1.54, 1.807) is 6.08 Å². The average molecular weight is 429 g/mol. The lowest BCUT2D eigenvalue weighted by Gasteiger charge is -2.38. The van der Waals surface area contributed by atoms with Gasteiger partial charge in [-0.25, -0.2) is 4.79 Å². The second-order valence-corrected chi connectivity index (χ2v) is 8.26. The average Bonchev–Trinajstić information content (AvgIpc) is 3.14. The van der Waals surface area contributed by atoms with Crippen molar-refractivity contribution in [1.29, 1.82) is 0 Å². The maximum atomic E-state index is 13.4. The predicted molar refractivity (Wildman–Crippen MR) is 94.1 cm³/mol. The third kappa shape index (κ3) is 2.81. The molecule has 0 radical (unpaired) electrons. The minimum absolute atomic E-state index is 0.115. The molecule has 3 heterocycles. The van der Waals surface area contributed by atoms with Gasteiger partial charge in [-0.15, -0.1) is 0 Å². The number of halogens is 6. The highest BCUT2D eigenvalue weighted by Gasteiger charge is 2.61. The summed E-state index contributed by atoms with van der Waals surface area (Å²) in [7, 11) is 0. The normalized spacial score (nSPS) is 31.1. The number of esters is 1. The largest absolute Gasteiger partial charge is 0.449 e. The van der Waals surface area contributed by atoms with Gasteiger partial charge in [0, 0.05) is 24.1 Å². The number of hydrogen-bond acceptors (Lipinski definition) is 3. The van der Waals surface area contributed by atoms with Gasteiger partial charge < -0.3 is 4.74 Å². The van der Waals surface area contributed by atoms with Crippen LogP contribution in [0.5, 0.6) is 0 Å². The van der Waals surface area contributed by atoms with Crippen molar-refractivity contribution in [3.05, 3.63) is 52.6 Å². The third-order valence-electron chi connectivity index (χ3n) is 6.57. The second kappa shape index (κ2) is 6.12. The first-order valence-corrected chi connectivity index (χ1v) is 9.72. The molecule has 0 amide bonds. The Morgan fingerprint density at radius 2 is 1.67 bits per heavy atom. The van der Waals surface area contributed by atoms with Crippen LogP contribution in [0.1, 0.15) is 42.4 Å². The molecule has 1 spiro atoms. The molecule has 160 valence electrons. The van der Waals surface area contributed by atoms with E-state index in [2.05, 4.69) is 4.90 Å². The number of nitrogens with zero attached hydrogens (tertiary/aromatic N) is 1. The van der Waals surface area contributed by atoms with E-state index in [9.17, 15) is 31.1 Å². The van der Waals surface area contributed by atoms with E-state index >= 15 is 0 Å². The van der Waals surface area contributed by atoms with Gasteiger partial charge in [0.2, 0.25) is 0 Å². The number of alkyl halides is 6. The van der Waals surface area contributed by atoms with Gasteiger partial charge in [-0.1, -0.05) is 12.5 Å². The van der Waals surface area contributed by atoms with Gasteiger partial charge in [-0.05, 0) is 48.7 Å². The number of carbonyl (C=O) groups is 1. The second-order valence-electron chi connectivity index (χ2n) is 8.26. The zero-order chi connectivity index (χ0) is 21.5. The maximum absolute atomic E-state index is 13.4. The standard InChI is InChI=1S/C21H17F6NO2/c22-20(23,24)12-5-11(6-13(7-12)21(25,26)27)15-8-14-10-19(16(15)9-18(29)30-19)17-3-1-2-4-28(14)17/h5-9,14,17H,1-4,10H2. The molecular weight excluding hydrogens is 412 g/mol. The van der Waals surface area contributed by atoms with Crippen molar-refractivity contribution in [2.45, 2.75) is 55.7 Å². The SMILES string of the molecule is O=C1C=C2C(c3cc(C(F)(F)F)cc(C(F)(F)F)c3)=CC3CC2(O1)C1CCCCN31. The molecular formula is C21H17F6NO2. The van der Waals surface area contributed by atoms with Gasteiger partial charge in [0.1, 0.15) is 0 Å². The van der Waals surface area contributed by atoms with E-state index in [1.165, 1.54) is 6.08 Å². The molecule has 1 aliphatic carbocycles. The Morgan fingerprint density at radius 3 is 2.30 bits per heavy atom. The van der Waals surface area contributed by atoms with Crippen LogP contribution in [-0.4, -0.2) is 35.1 Å². The van der Waals surface area contributed by atoms with Crippen molar-refractivity contribution in [1.82, 2.24) is 4.90 Å². The Kier molecular flexibility index (Phi) is 4.01. The van der Waals surface area contributed by atoms with E-state index in [-0.39, 0.29) is 29.3 Å². The van der Waals surface area contributed by atoms with Crippen molar-refractivity contribution in [2.24, 2.45) is 0 Å². The van der Waals surface area contributed by atoms with E-state index < -0.39 is 35.0 Å².